The zero-order valence-electron chi connectivity index (χ0n) is 17.7. The van der Waals surface area contributed by atoms with Gasteiger partial charge >= 0.3 is 0 Å². The Morgan fingerprint density at radius 3 is 2.59 bits per heavy atom. The van der Waals surface area contributed by atoms with E-state index in [-0.39, 0.29) is 11.9 Å². The van der Waals surface area contributed by atoms with Gasteiger partial charge in [0.05, 0.1) is 29.0 Å². The first kappa shape index (κ1) is 19.6. The van der Waals surface area contributed by atoms with Gasteiger partial charge in [-0.05, 0) is 24.6 Å². The van der Waals surface area contributed by atoms with E-state index in [1.165, 1.54) is 0 Å². The fraction of sp³-hybridized carbons (Fsp3) is 0.125. The molecule has 5 aromatic rings. The highest BCUT2D eigenvalue weighted by atomic mass is 16.1. The predicted octanol–water partition coefficient (Wildman–Crippen LogP) is 3.84. The lowest BCUT2D eigenvalue weighted by molar-refractivity contribution is 0.102. The van der Waals surface area contributed by atoms with Gasteiger partial charge in [-0.3, -0.25) is 14.8 Å². The molecule has 8 nitrogen and oxygen atoms in total. The molecule has 0 aliphatic heterocycles. The second kappa shape index (κ2) is 8.07. The minimum Gasteiger partial charge on any atom is -0.289 e. The Labute approximate surface area is 184 Å². The zero-order valence-corrected chi connectivity index (χ0v) is 17.7. The quantitative estimate of drug-likeness (QED) is 0.464. The Bertz CT molecular complexity index is 1420. The Morgan fingerprint density at radius 1 is 1.03 bits per heavy atom. The molecule has 5 rings (SSSR count). The SMILES string of the molecule is Cc1nn(C)cc1-c1cc(C(=O)Nc2ncn(Cc3ccccc3)n2)c2ccccc2n1. The minimum absolute atomic E-state index is 0.255. The fourth-order valence-electron chi connectivity index (χ4n) is 3.72. The molecule has 8 heteroatoms. The summed E-state index contributed by atoms with van der Waals surface area (Å²) in [4.78, 5) is 22.2. The van der Waals surface area contributed by atoms with Gasteiger partial charge in [0.15, 0.2) is 0 Å². The molecule has 158 valence electrons. The van der Waals surface area contributed by atoms with E-state index in [4.69, 9.17) is 4.98 Å². The summed E-state index contributed by atoms with van der Waals surface area (Å²) in [5.74, 6) is -0.0326. The van der Waals surface area contributed by atoms with Crippen molar-refractivity contribution in [3.05, 3.63) is 90.0 Å². The van der Waals surface area contributed by atoms with Crippen LogP contribution in [-0.2, 0) is 13.6 Å². The molecule has 0 spiro atoms. The van der Waals surface area contributed by atoms with Gasteiger partial charge in [-0.15, -0.1) is 5.10 Å². The maximum Gasteiger partial charge on any atom is 0.258 e. The van der Waals surface area contributed by atoms with Gasteiger partial charge in [0.25, 0.3) is 5.91 Å². The first-order chi connectivity index (χ1) is 15.6. The number of aryl methyl sites for hydroxylation is 2. The molecule has 3 aromatic heterocycles. The summed E-state index contributed by atoms with van der Waals surface area (Å²) in [7, 11) is 1.86. The van der Waals surface area contributed by atoms with Crippen LogP contribution in [0.3, 0.4) is 0 Å². The molecule has 0 bridgehead atoms. The summed E-state index contributed by atoms with van der Waals surface area (Å²) in [5.41, 5.74) is 4.78. The van der Waals surface area contributed by atoms with Crippen molar-refractivity contribution in [1.82, 2.24) is 29.5 Å². The molecule has 0 aliphatic rings. The lowest BCUT2D eigenvalue weighted by atomic mass is 10.0. The van der Waals surface area contributed by atoms with Crippen LogP contribution in [0.15, 0.2) is 73.2 Å². The number of nitrogens with zero attached hydrogens (tertiary/aromatic N) is 6. The van der Waals surface area contributed by atoms with E-state index in [1.807, 2.05) is 74.8 Å². The molecule has 0 atom stereocenters. The Hall–Kier alpha value is -4.33. The number of carbonyl (C=O) groups excluding carboxylic acids is 1. The van der Waals surface area contributed by atoms with Crippen LogP contribution in [-0.4, -0.2) is 35.4 Å². The van der Waals surface area contributed by atoms with Gasteiger partial charge in [-0.1, -0.05) is 48.5 Å². The average Bonchev–Trinajstić information content (AvgIpc) is 3.38. The topological polar surface area (TPSA) is 90.5 Å². The van der Waals surface area contributed by atoms with Crippen LogP contribution in [0.4, 0.5) is 5.95 Å². The summed E-state index contributed by atoms with van der Waals surface area (Å²) < 4.78 is 3.44. The standard InChI is InChI=1S/C24H21N7O/c1-16-20(14-30(2)28-16)22-12-19(18-10-6-7-11-21(18)26-22)23(32)27-24-25-15-31(29-24)13-17-8-4-3-5-9-17/h3-12,14-15H,13H2,1-2H3,(H,27,29,32). The van der Waals surface area contributed by atoms with Crippen LogP contribution in [0, 0.1) is 6.92 Å². The second-order valence-corrected chi connectivity index (χ2v) is 7.58. The highest BCUT2D eigenvalue weighted by Gasteiger charge is 2.17. The van der Waals surface area contributed by atoms with E-state index >= 15 is 0 Å². The number of pyridine rings is 1. The molecule has 3 heterocycles. The maximum absolute atomic E-state index is 13.2. The van der Waals surface area contributed by atoms with Crippen molar-refractivity contribution in [2.45, 2.75) is 13.5 Å². The van der Waals surface area contributed by atoms with Gasteiger partial charge < -0.3 is 0 Å². The van der Waals surface area contributed by atoms with Crippen molar-refractivity contribution in [2.24, 2.45) is 7.05 Å². The van der Waals surface area contributed by atoms with Gasteiger partial charge in [0.1, 0.15) is 6.33 Å². The molecule has 2 aromatic carbocycles. The van der Waals surface area contributed by atoms with Crippen molar-refractivity contribution in [1.29, 1.82) is 0 Å². The van der Waals surface area contributed by atoms with Crippen LogP contribution in [0.5, 0.6) is 0 Å². The molecule has 0 aliphatic carbocycles. The molecular weight excluding hydrogens is 402 g/mol. The zero-order chi connectivity index (χ0) is 22.1. The Morgan fingerprint density at radius 2 is 1.81 bits per heavy atom. The van der Waals surface area contributed by atoms with Gasteiger partial charge in [0, 0.05) is 24.2 Å². The Balaban J connectivity index is 1.46. The van der Waals surface area contributed by atoms with E-state index in [2.05, 4.69) is 20.5 Å². The number of fused-ring (bicyclic) bond motifs is 1. The third-order valence-corrected chi connectivity index (χ3v) is 5.20. The third-order valence-electron chi connectivity index (χ3n) is 5.20. The highest BCUT2D eigenvalue weighted by Crippen LogP contribution is 2.27. The highest BCUT2D eigenvalue weighted by molar-refractivity contribution is 6.12. The normalized spacial score (nSPS) is 11.1. The second-order valence-electron chi connectivity index (χ2n) is 7.58. The molecular formula is C24H21N7O. The first-order valence-corrected chi connectivity index (χ1v) is 10.2. The van der Waals surface area contributed by atoms with E-state index in [0.717, 1.165) is 27.7 Å². The number of para-hydroxylation sites is 1. The number of amides is 1. The summed E-state index contributed by atoms with van der Waals surface area (Å²) in [6.45, 7) is 2.50. The molecule has 1 N–H and O–H groups in total. The summed E-state index contributed by atoms with van der Waals surface area (Å²) in [6, 6.07) is 19.3. The summed E-state index contributed by atoms with van der Waals surface area (Å²) in [6.07, 6.45) is 3.51. The van der Waals surface area contributed by atoms with Crippen molar-refractivity contribution in [2.75, 3.05) is 5.32 Å². The molecule has 0 fully saturated rings. The molecule has 0 unspecified atom stereocenters. The molecule has 1 amide bonds. The van der Waals surface area contributed by atoms with E-state index < -0.39 is 0 Å². The van der Waals surface area contributed by atoms with Crippen LogP contribution < -0.4 is 5.32 Å². The first-order valence-electron chi connectivity index (χ1n) is 10.2. The minimum atomic E-state index is -0.288. The van der Waals surface area contributed by atoms with E-state index in [1.54, 1.807) is 21.8 Å². The number of benzene rings is 2. The molecule has 0 saturated heterocycles. The van der Waals surface area contributed by atoms with E-state index in [9.17, 15) is 4.79 Å². The predicted molar refractivity (Wildman–Crippen MR) is 122 cm³/mol. The molecule has 0 radical (unpaired) electrons. The maximum atomic E-state index is 13.2. The third kappa shape index (κ3) is 3.85. The summed E-state index contributed by atoms with van der Waals surface area (Å²) in [5, 5.41) is 12.4. The van der Waals surface area contributed by atoms with Crippen LogP contribution in [0.25, 0.3) is 22.2 Å². The van der Waals surface area contributed by atoms with Crippen molar-refractivity contribution in [3.63, 3.8) is 0 Å². The van der Waals surface area contributed by atoms with Crippen molar-refractivity contribution >= 4 is 22.8 Å². The van der Waals surface area contributed by atoms with Crippen LogP contribution >= 0.6 is 0 Å². The number of hydrogen-bond donors (Lipinski definition) is 1. The van der Waals surface area contributed by atoms with Gasteiger partial charge in [-0.2, -0.15) is 5.10 Å². The number of aromatic nitrogens is 6. The average molecular weight is 423 g/mol. The number of anilines is 1. The van der Waals surface area contributed by atoms with Crippen LogP contribution in [0.1, 0.15) is 21.6 Å². The number of nitrogens with one attached hydrogen (secondary N) is 1. The fourth-order valence-corrected chi connectivity index (χ4v) is 3.72. The Kier molecular flexibility index (Phi) is 4.95. The summed E-state index contributed by atoms with van der Waals surface area (Å²) >= 11 is 0. The van der Waals surface area contributed by atoms with Crippen LogP contribution in [0.2, 0.25) is 0 Å². The lowest BCUT2D eigenvalue weighted by Gasteiger charge is -2.09. The smallest absolute Gasteiger partial charge is 0.258 e. The number of carbonyl (C=O) groups is 1. The van der Waals surface area contributed by atoms with Gasteiger partial charge in [-0.25, -0.2) is 14.6 Å². The molecule has 32 heavy (non-hydrogen) atoms. The lowest BCUT2D eigenvalue weighted by Crippen LogP contribution is -2.14. The number of hydrogen-bond acceptors (Lipinski definition) is 5. The molecule has 0 saturated carbocycles. The monoisotopic (exact) mass is 423 g/mol. The largest absolute Gasteiger partial charge is 0.289 e. The van der Waals surface area contributed by atoms with E-state index in [0.29, 0.717) is 17.8 Å². The van der Waals surface area contributed by atoms with Crippen molar-refractivity contribution in [3.8, 4) is 11.3 Å². The van der Waals surface area contributed by atoms with Gasteiger partial charge in [0.2, 0.25) is 5.95 Å². The van der Waals surface area contributed by atoms with Crippen molar-refractivity contribution < 1.29 is 4.79 Å². The number of rotatable bonds is 5.